The standard InChI is InChI=1S/C15H23NO4/c1-6-7-11(17)12-14(19)10(8-16(3)4)13(18)9(2)15(12)20-5/h18-19H,6-8H2,1-5H3. The number of ketones is 1. The molecular formula is C15H23NO4. The van der Waals surface area contributed by atoms with E-state index in [1.54, 1.807) is 6.92 Å². The fourth-order valence-electron chi connectivity index (χ4n) is 2.22. The minimum Gasteiger partial charge on any atom is -0.507 e. The van der Waals surface area contributed by atoms with Crippen LogP contribution >= 0.6 is 0 Å². The Kier molecular flexibility index (Phi) is 5.39. The van der Waals surface area contributed by atoms with Crippen LogP contribution in [0.4, 0.5) is 0 Å². The molecule has 0 aliphatic rings. The maximum Gasteiger partial charge on any atom is 0.170 e. The molecule has 0 atom stereocenters. The smallest absolute Gasteiger partial charge is 0.170 e. The van der Waals surface area contributed by atoms with E-state index in [0.717, 1.165) is 0 Å². The Morgan fingerprint density at radius 2 is 1.85 bits per heavy atom. The average molecular weight is 281 g/mol. The van der Waals surface area contributed by atoms with Gasteiger partial charge in [0.2, 0.25) is 0 Å². The van der Waals surface area contributed by atoms with Crippen LogP contribution in [0.2, 0.25) is 0 Å². The van der Waals surface area contributed by atoms with Gasteiger partial charge in [-0.1, -0.05) is 6.92 Å². The maximum absolute atomic E-state index is 12.2. The molecule has 0 amide bonds. The summed E-state index contributed by atoms with van der Waals surface area (Å²) in [5.74, 6) is -0.135. The maximum atomic E-state index is 12.2. The van der Waals surface area contributed by atoms with Crippen molar-refractivity contribution in [1.82, 2.24) is 4.90 Å². The van der Waals surface area contributed by atoms with Gasteiger partial charge in [0.05, 0.1) is 12.7 Å². The van der Waals surface area contributed by atoms with Crippen molar-refractivity contribution < 1.29 is 19.7 Å². The molecular weight excluding hydrogens is 258 g/mol. The molecule has 0 aliphatic heterocycles. The molecule has 0 spiro atoms. The number of Topliss-reactive ketones (excluding diaryl/α,β-unsaturated/α-hetero) is 1. The van der Waals surface area contributed by atoms with Gasteiger partial charge in [-0.3, -0.25) is 4.79 Å². The highest BCUT2D eigenvalue weighted by atomic mass is 16.5. The fraction of sp³-hybridized carbons (Fsp3) is 0.533. The van der Waals surface area contributed by atoms with Gasteiger partial charge in [0, 0.05) is 18.5 Å². The molecule has 0 bridgehead atoms. The number of ether oxygens (including phenoxy) is 1. The first-order chi connectivity index (χ1) is 9.34. The Labute approximate surface area is 119 Å². The highest BCUT2D eigenvalue weighted by Gasteiger charge is 2.26. The van der Waals surface area contributed by atoms with Crippen LogP contribution in [0.5, 0.6) is 17.2 Å². The predicted molar refractivity (Wildman–Crippen MR) is 77.7 cm³/mol. The molecule has 2 N–H and O–H groups in total. The number of hydrogen-bond donors (Lipinski definition) is 2. The third kappa shape index (κ3) is 3.04. The zero-order chi connectivity index (χ0) is 15.4. The van der Waals surface area contributed by atoms with Crippen molar-refractivity contribution in [2.75, 3.05) is 21.2 Å². The second kappa shape index (κ2) is 6.61. The van der Waals surface area contributed by atoms with Gasteiger partial charge < -0.3 is 19.8 Å². The number of methoxy groups -OCH3 is 1. The van der Waals surface area contributed by atoms with Gasteiger partial charge in [0.15, 0.2) is 5.78 Å². The molecule has 0 saturated carbocycles. The summed E-state index contributed by atoms with van der Waals surface area (Å²) in [5, 5.41) is 20.6. The topological polar surface area (TPSA) is 70.0 Å². The second-order valence-corrected chi connectivity index (χ2v) is 5.12. The van der Waals surface area contributed by atoms with E-state index < -0.39 is 0 Å². The first-order valence-electron chi connectivity index (χ1n) is 6.64. The van der Waals surface area contributed by atoms with Gasteiger partial charge in [-0.25, -0.2) is 0 Å². The molecule has 0 fully saturated rings. The predicted octanol–water partition coefficient (Wildman–Crippen LogP) is 2.46. The largest absolute Gasteiger partial charge is 0.507 e. The van der Waals surface area contributed by atoms with Crippen molar-refractivity contribution in [3.05, 3.63) is 16.7 Å². The third-order valence-electron chi connectivity index (χ3n) is 3.17. The lowest BCUT2D eigenvalue weighted by molar-refractivity contribution is 0.0975. The molecule has 0 aliphatic carbocycles. The molecule has 0 saturated heterocycles. The van der Waals surface area contributed by atoms with Crippen LogP contribution < -0.4 is 4.74 Å². The lowest BCUT2D eigenvalue weighted by atomic mass is 9.96. The Hall–Kier alpha value is -1.75. The number of phenols is 2. The highest BCUT2D eigenvalue weighted by molar-refractivity contribution is 6.02. The highest BCUT2D eigenvalue weighted by Crippen LogP contribution is 2.43. The number of benzene rings is 1. The lowest BCUT2D eigenvalue weighted by Crippen LogP contribution is -2.13. The van der Waals surface area contributed by atoms with Crippen molar-refractivity contribution in [2.24, 2.45) is 0 Å². The van der Waals surface area contributed by atoms with Crippen LogP contribution in [0, 0.1) is 6.92 Å². The van der Waals surface area contributed by atoms with E-state index in [1.165, 1.54) is 7.11 Å². The summed E-state index contributed by atoms with van der Waals surface area (Å²) in [4.78, 5) is 14.0. The molecule has 0 heterocycles. The molecule has 5 nitrogen and oxygen atoms in total. The molecule has 112 valence electrons. The number of carbonyl (C=O) groups is 1. The SMILES string of the molecule is CCCC(=O)c1c(O)c(CN(C)C)c(O)c(C)c1OC. The molecule has 20 heavy (non-hydrogen) atoms. The van der Waals surface area contributed by atoms with Gasteiger partial charge in [-0.2, -0.15) is 0 Å². The second-order valence-electron chi connectivity index (χ2n) is 5.12. The van der Waals surface area contributed by atoms with E-state index >= 15 is 0 Å². The summed E-state index contributed by atoms with van der Waals surface area (Å²) in [5.41, 5.74) is 0.996. The first kappa shape index (κ1) is 16.3. The van der Waals surface area contributed by atoms with Crippen LogP contribution in [-0.2, 0) is 6.54 Å². The minimum absolute atomic E-state index is 0.0268. The van der Waals surface area contributed by atoms with Crippen molar-refractivity contribution in [2.45, 2.75) is 33.2 Å². The Bertz CT molecular complexity index is 509. The Morgan fingerprint density at radius 3 is 2.30 bits per heavy atom. The molecule has 1 rings (SSSR count). The number of carbonyl (C=O) groups excluding carboxylic acids is 1. The van der Waals surface area contributed by atoms with E-state index in [-0.39, 0.29) is 28.6 Å². The number of rotatable bonds is 6. The third-order valence-corrected chi connectivity index (χ3v) is 3.17. The number of aromatic hydroxyl groups is 2. The molecule has 0 aromatic heterocycles. The zero-order valence-corrected chi connectivity index (χ0v) is 12.8. The zero-order valence-electron chi connectivity index (χ0n) is 12.8. The van der Waals surface area contributed by atoms with Crippen molar-refractivity contribution in [3.63, 3.8) is 0 Å². The molecule has 0 unspecified atom stereocenters. The summed E-state index contributed by atoms with van der Waals surface area (Å²) in [6.45, 7) is 3.92. The van der Waals surface area contributed by atoms with Gasteiger partial charge in [-0.15, -0.1) is 0 Å². The quantitative estimate of drug-likeness (QED) is 0.784. The number of nitrogens with zero attached hydrogens (tertiary/aromatic N) is 1. The molecule has 1 aromatic rings. The minimum atomic E-state index is -0.183. The van der Waals surface area contributed by atoms with Crippen LogP contribution in [0.15, 0.2) is 0 Å². The summed E-state index contributed by atoms with van der Waals surface area (Å²) in [6, 6.07) is 0. The van der Waals surface area contributed by atoms with E-state index in [2.05, 4.69) is 0 Å². The molecule has 1 aromatic carbocycles. The van der Waals surface area contributed by atoms with E-state index in [0.29, 0.717) is 30.5 Å². The van der Waals surface area contributed by atoms with Crippen LogP contribution in [0.3, 0.4) is 0 Å². The summed E-state index contributed by atoms with van der Waals surface area (Å²) in [6.07, 6.45) is 1.01. The number of hydrogen-bond acceptors (Lipinski definition) is 5. The van der Waals surface area contributed by atoms with Crippen molar-refractivity contribution in [1.29, 1.82) is 0 Å². The summed E-state index contributed by atoms with van der Waals surface area (Å²) in [7, 11) is 5.08. The lowest BCUT2D eigenvalue weighted by Gasteiger charge is -2.20. The van der Waals surface area contributed by atoms with Gasteiger partial charge >= 0.3 is 0 Å². The average Bonchev–Trinajstić information content (AvgIpc) is 2.38. The molecule has 5 heteroatoms. The Morgan fingerprint density at radius 1 is 1.25 bits per heavy atom. The van der Waals surface area contributed by atoms with Crippen LogP contribution in [0.1, 0.15) is 41.3 Å². The van der Waals surface area contributed by atoms with E-state index in [9.17, 15) is 15.0 Å². The van der Waals surface area contributed by atoms with Crippen molar-refractivity contribution >= 4 is 5.78 Å². The fourth-order valence-corrected chi connectivity index (χ4v) is 2.22. The Balaban J connectivity index is 3.54. The van der Waals surface area contributed by atoms with Crippen LogP contribution in [0.25, 0.3) is 0 Å². The monoisotopic (exact) mass is 281 g/mol. The van der Waals surface area contributed by atoms with Crippen LogP contribution in [-0.4, -0.2) is 42.1 Å². The van der Waals surface area contributed by atoms with E-state index in [1.807, 2.05) is 25.9 Å². The van der Waals surface area contributed by atoms with Gasteiger partial charge in [-0.05, 0) is 27.4 Å². The summed E-state index contributed by atoms with van der Waals surface area (Å²) >= 11 is 0. The summed E-state index contributed by atoms with van der Waals surface area (Å²) < 4.78 is 5.21. The molecule has 0 radical (unpaired) electrons. The van der Waals surface area contributed by atoms with Gasteiger partial charge in [0.1, 0.15) is 22.8 Å². The van der Waals surface area contributed by atoms with Crippen molar-refractivity contribution in [3.8, 4) is 17.2 Å². The first-order valence-corrected chi connectivity index (χ1v) is 6.64. The van der Waals surface area contributed by atoms with E-state index in [4.69, 9.17) is 4.74 Å². The van der Waals surface area contributed by atoms with Gasteiger partial charge in [0.25, 0.3) is 0 Å². The normalized spacial score (nSPS) is 10.9. The number of phenolic OH excluding ortho intramolecular Hbond substituents is 2.